The quantitative estimate of drug-likeness (QED) is 0.704. The number of nitrogens with one attached hydrogen (secondary N) is 1. The maximum Gasteiger partial charge on any atom is 0.137 e. The molecule has 1 aromatic carbocycles. The van der Waals surface area contributed by atoms with E-state index in [9.17, 15) is 0 Å². The molecule has 13 heavy (non-hydrogen) atoms. The first-order valence-corrected chi connectivity index (χ1v) is 4.35. The molecule has 0 unspecified atom stereocenters. The summed E-state index contributed by atoms with van der Waals surface area (Å²) in [5.74, 6) is 0.946. The van der Waals surface area contributed by atoms with E-state index in [2.05, 4.69) is 42.0 Å². The van der Waals surface area contributed by atoms with E-state index in [-0.39, 0.29) is 0 Å². The standard InChI is InChI=1S/C11H12N2/c1-8-4-3-5-10(9(8)2)11-12-6-7-13-11/h3-7H,1-2H3,(H,12,13). The van der Waals surface area contributed by atoms with Crippen molar-refractivity contribution in [3.63, 3.8) is 0 Å². The first-order chi connectivity index (χ1) is 6.29. The Morgan fingerprint density at radius 3 is 2.77 bits per heavy atom. The van der Waals surface area contributed by atoms with Gasteiger partial charge in [-0.3, -0.25) is 0 Å². The lowest BCUT2D eigenvalue weighted by atomic mass is 10.0. The predicted molar refractivity (Wildman–Crippen MR) is 53.5 cm³/mol. The lowest BCUT2D eigenvalue weighted by Gasteiger charge is -2.04. The SMILES string of the molecule is Cc1cccc(-c2ncc[nH]2)c1C. The van der Waals surface area contributed by atoms with E-state index in [1.165, 1.54) is 16.7 Å². The van der Waals surface area contributed by atoms with Gasteiger partial charge >= 0.3 is 0 Å². The molecule has 0 aliphatic rings. The normalized spacial score (nSPS) is 10.3. The molecule has 1 heterocycles. The Balaban J connectivity index is 2.59. The summed E-state index contributed by atoms with van der Waals surface area (Å²) in [7, 11) is 0. The van der Waals surface area contributed by atoms with Gasteiger partial charge in [-0.15, -0.1) is 0 Å². The largest absolute Gasteiger partial charge is 0.345 e. The summed E-state index contributed by atoms with van der Waals surface area (Å²) in [6.45, 7) is 4.23. The van der Waals surface area contributed by atoms with Crippen LogP contribution in [0.1, 0.15) is 11.1 Å². The van der Waals surface area contributed by atoms with E-state index < -0.39 is 0 Å². The number of aromatic amines is 1. The molecular formula is C11H12N2. The first kappa shape index (κ1) is 8.05. The molecule has 0 saturated carbocycles. The van der Waals surface area contributed by atoms with Crippen LogP contribution in [-0.2, 0) is 0 Å². The molecule has 1 aromatic heterocycles. The fraction of sp³-hybridized carbons (Fsp3) is 0.182. The molecule has 1 N–H and O–H groups in total. The third-order valence-electron chi connectivity index (χ3n) is 2.36. The summed E-state index contributed by atoms with van der Waals surface area (Å²) in [6, 6.07) is 6.25. The van der Waals surface area contributed by atoms with Gasteiger partial charge < -0.3 is 4.98 Å². The molecule has 2 heteroatoms. The molecule has 0 radical (unpaired) electrons. The minimum absolute atomic E-state index is 0.946. The number of aromatic nitrogens is 2. The van der Waals surface area contributed by atoms with Crippen LogP contribution >= 0.6 is 0 Å². The highest BCUT2D eigenvalue weighted by molar-refractivity contribution is 5.61. The zero-order chi connectivity index (χ0) is 9.26. The van der Waals surface area contributed by atoms with Crippen molar-refractivity contribution in [3.05, 3.63) is 41.7 Å². The first-order valence-electron chi connectivity index (χ1n) is 4.35. The molecule has 0 spiro atoms. The Morgan fingerprint density at radius 1 is 1.23 bits per heavy atom. The van der Waals surface area contributed by atoms with Crippen molar-refractivity contribution in [1.29, 1.82) is 0 Å². The number of H-pyrrole nitrogens is 1. The van der Waals surface area contributed by atoms with Gasteiger partial charge in [0.05, 0.1) is 0 Å². The van der Waals surface area contributed by atoms with Crippen LogP contribution in [0.25, 0.3) is 11.4 Å². The van der Waals surface area contributed by atoms with Crippen molar-refractivity contribution in [2.24, 2.45) is 0 Å². The Kier molecular flexibility index (Phi) is 1.89. The minimum atomic E-state index is 0.946. The maximum atomic E-state index is 4.23. The second-order valence-corrected chi connectivity index (χ2v) is 3.19. The van der Waals surface area contributed by atoms with Crippen LogP contribution in [0.3, 0.4) is 0 Å². The van der Waals surface area contributed by atoms with E-state index in [0.29, 0.717) is 0 Å². The molecule has 0 aliphatic carbocycles. The smallest absolute Gasteiger partial charge is 0.137 e. The predicted octanol–water partition coefficient (Wildman–Crippen LogP) is 2.69. The molecule has 0 atom stereocenters. The monoisotopic (exact) mass is 172 g/mol. The molecule has 0 bridgehead atoms. The van der Waals surface area contributed by atoms with Crippen LogP contribution in [0.15, 0.2) is 30.6 Å². The maximum absolute atomic E-state index is 4.23. The molecular weight excluding hydrogens is 160 g/mol. The zero-order valence-electron chi connectivity index (χ0n) is 7.83. The minimum Gasteiger partial charge on any atom is -0.345 e. The third kappa shape index (κ3) is 1.35. The summed E-state index contributed by atoms with van der Waals surface area (Å²) in [5, 5.41) is 0. The molecule has 0 fully saturated rings. The number of hydrogen-bond acceptors (Lipinski definition) is 1. The number of imidazole rings is 1. The number of aryl methyl sites for hydroxylation is 1. The molecule has 0 aliphatic heterocycles. The summed E-state index contributed by atoms with van der Waals surface area (Å²) in [4.78, 5) is 7.34. The number of benzene rings is 1. The van der Waals surface area contributed by atoms with Crippen LogP contribution in [0.5, 0.6) is 0 Å². The molecule has 0 saturated heterocycles. The number of rotatable bonds is 1. The zero-order valence-corrected chi connectivity index (χ0v) is 7.83. The van der Waals surface area contributed by atoms with E-state index in [4.69, 9.17) is 0 Å². The van der Waals surface area contributed by atoms with Crippen LogP contribution < -0.4 is 0 Å². The topological polar surface area (TPSA) is 28.7 Å². The van der Waals surface area contributed by atoms with Gasteiger partial charge in [0.2, 0.25) is 0 Å². The highest BCUT2D eigenvalue weighted by atomic mass is 14.9. The molecule has 66 valence electrons. The van der Waals surface area contributed by atoms with E-state index in [1.54, 1.807) is 6.20 Å². The Labute approximate surface area is 77.6 Å². The van der Waals surface area contributed by atoms with Crippen molar-refractivity contribution >= 4 is 0 Å². The van der Waals surface area contributed by atoms with E-state index >= 15 is 0 Å². The van der Waals surface area contributed by atoms with Gasteiger partial charge in [0, 0.05) is 18.0 Å². The Morgan fingerprint density at radius 2 is 2.08 bits per heavy atom. The van der Waals surface area contributed by atoms with Crippen LogP contribution in [0.2, 0.25) is 0 Å². The molecule has 2 rings (SSSR count). The van der Waals surface area contributed by atoms with Crippen molar-refractivity contribution in [3.8, 4) is 11.4 Å². The van der Waals surface area contributed by atoms with Crippen molar-refractivity contribution in [2.45, 2.75) is 13.8 Å². The molecule has 2 aromatic rings. The van der Waals surface area contributed by atoms with Crippen LogP contribution in [-0.4, -0.2) is 9.97 Å². The van der Waals surface area contributed by atoms with Crippen molar-refractivity contribution < 1.29 is 0 Å². The Hall–Kier alpha value is -1.57. The lowest BCUT2D eigenvalue weighted by Crippen LogP contribution is -1.87. The van der Waals surface area contributed by atoms with Gasteiger partial charge in [-0.2, -0.15) is 0 Å². The average Bonchev–Trinajstić information content (AvgIpc) is 2.62. The summed E-state index contributed by atoms with van der Waals surface area (Å²) in [5.41, 5.74) is 3.77. The van der Waals surface area contributed by atoms with Crippen LogP contribution in [0.4, 0.5) is 0 Å². The fourth-order valence-electron chi connectivity index (χ4n) is 1.42. The van der Waals surface area contributed by atoms with Gasteiger partial charge in [0.15, 0.2) is 0 Å². The van der Waals surface area contributed by atoms with Crippen molar-refractivity contribution in [2.75, 3.05) is 0 Å². The highest BCUT2D eigenvalue weighted by Crippen LogP contribution is 2.21. The fourth-order valence-corrected chi connectivity index (χ4v) is 1.42. The molecule has 2 nitrogen and oxygen atoms in total. The summed E-state index contributed by atoms with van der Waals surface area (Å²) in [6.07, 6.45) is 3.62. The van der Waals surface area contributed by atoms with E-state index in [0.717, 1.165) is 5.82 Å². The number of nitrogens with zero attached hydrogens (tertiary/aromatic N) is 1. The van der Waals surface area contributed by atoms with Crippen molar-refractivity contribution in [1.82, 2.24) is 9.97 Å². The van der Waals surface area contributed by atoms with Crippen LogP contribution in [0, 0.1) is 13.8 Å². The van der Waals surface area contributed by atoms with Gasteiger partial charge in [-0.05, 0) is 25.0 Å². The van der Waals surface area contributed by atoms with Gasteiger partial charge in [-0.1, -0.05) is 18.2 Å². The third-order valence-corrected chi connectivity index (χ3v) is 2.36. The second-order valence-electron chi connectivity index (χ2n) is 3.19. The molecule has 0 amide bonds. The summed E-state index contributed by atoms with van der Waals surface area (Å²) >= 11 is 0. The highest BCUT2D eigenvalue weighted by Gasteiger charge is 2.04. The van der Waals surface area contributed by atoms with Gasteiger partial charge in [0.1, 0.15) is 5.82 Å². The average molecular weight is 172 g/mol. The van der Waals surface area contributed by atoms with E-state index in [1.807, 2.05) is 6.20 Å². The summed E-state index contributed by atoms with van der Waals surface area (Å²) < 4.78 is 0. The number of hydrogen-bond donors (Lipinski definition) is 1. The Bertz CT molecular complexity index is 402. The van der Waals surface area contributed by atoms with Gasteiger partial charge in [-0.25, -0.2) is 4.98 Å². The lowest BCUT2D eigenvalue weighted by molar-refractivity contribution is 1.26. The second kappa shape index (κ2) is 3.05. The van der Waals surface area contributed by atoms with Gasteiger partial charge in [0.25, 0.3) is 0 Å².